The molecule has 1 saturated heterocycles. The minimum Gasteiger partial charge on any atom is -0.508 e. The van der Waals surface area contributed by atoms with Gasteiger partial charge in [0.15, 0.2) is 0 Å². The number of para-hydroxylation sites is 1. The number of nitrogens with one attached hydrogen (secondary N) is 2. The van der Waals surface area contributed by atoms with Gasteiger partial charge in [0, 0.05) is 24.3 Å². The van der Waals surface area contributed by atoms with E-state index < -0.39 is 0 Å². The Kier molecular flexibility index (Phi) is 6.59. The monoisotopic (exact) mass is 397 g/mol. The standard InChI is InChI=1S/C22H27N3O4/c1-15(19-13-18(29-2)10-11-20(19)26)23-21(27)16-7-6-12-25(14-16)22(28)24-17-8-4-3-5-9-17/h3-5,8-11,13,15-16,26H,6-7,12,14H2,1-2H3,(H,23,27)(H,24,28). The SMILES string of the molecule is COc1ccc(O)c(C(C)NC(=O)C2CCCN(C(=O)Nc3ccccc3)C2)c1. The summed E-state index contributed by atoms with van der Waals surface area (Å²) in [7, 11) is 1.55. The van der Waals surface area contributed by atoms with Crippen molar-refractivity contribution in [3.63, 3.8) is 0 Å². The van der Waals surface area contributed by atoms with Gasteiger partial charge in [-0.05, 0) is 50.1 Å². The molecule has 7 heteroatoms. The van der Waals surface area contributed by atoms with Gasteiger partial charge in [0.2, 0.25) is 5.91 Å². The molecule has 1 heterocycles. The molecule has 154 valence electrons. The average Bonchev–Trinajstić information content (AvgIpc) is 2.74. The maximum absolute atomic E-state index is 12.8. The number of phenolic OH excluding ortho intramolecular Hbond substituents is 1. The van der Waals surface area contributed by atoms with Crippen molar-refractivity contribution in [3.8, 4) is 11.5 Å². The number of benzene rings is 2. The number of nitrogens with zero attached hydrogens (tertiary/aromatic N) is 1. The van der Waals surface area contributed by atoms with E-state index in [1.54, 1.807) is 30.2 Å². The van der Waals surface area contributed by atoms with Crippen LogP contribution in [0.2, 0.25) is 0 Å². The van der Waals surface area contributed by atoms with Crippen molar-refractivity contribution in [2.75, 3.05) is 25.5 Å². The number of carbonyl (C=O) groups is 2. The van der Waals surface area contributed by atoms with Crippen molar-refractivity contribution in [2.45, 2.75) is 25.8 Å². The van der Waals surface area contributed by atoms with Crippen molar-refractivity contribution >= 4 is 17.6 Å². The topological polar surface area (TPSA) is 90.9 Å². The third-order valence-corrected chi connectivity index (χ3v) is 5.16. The highest BCUT2D eigenvalue weighted by atomic mass is 16.5. The number of rotatable bonds is 5. The molecule has 1 aliphatic rings. The van der Waals surface area contributed by atoms with Crippen LogP contribution in [0.15, 0.2) is 48.5 Å². The summed E-state index contributed by atoms with van der Waals surface area (Å²) in [5.41, 5.74) is 1.32. The number of likely N-dealkylation sites (tertiary alicyclic amines) is 1. The molecule has 0 aromatic heterocycles. The van der Waals surface area contributed by atoms with Crippen LogP contribution in [0.25, 0.3) is 0 Å². The van der Waals surface area contributed by atoms with E-state index in [4.69, 9.17) is 4.74 Å². The number of hydrogen-bond donors (Lipinski definition) is 3. The number of aromatic hydroxyl groups is 1. The Labute approximate surface area is 170 Å². The van der Waals surface area contributed by atoms with Gasteiger partial charge in [0.1, 0.15) is 11.5 Å². The summed E-state index contributed by atoms with van der Waals surface area (Å²) in [5, 5.41) is 15.9. The molecule has 0 radical (unpaired) electrons. The summed E-state index contributed by atoms with van der Waals surface area (Å²) >= 11 is 0. The van der Waals surface area contributed by atoms with Crippen molar-refractivity contribution in [1.82, 2.24) is 10.2 Å². The summed E-state index contributed by atoms with van der Waals surface area (Å²) in [6.07, 6.45) is 1.48. The lowest BCUT2D eigenvalue weighted by molar-refractivity contribution is -0.126. The number of hydrogen-bond acceptors (Lipinski definition) is 4. The number of amides is 3. The molecule has 3 N–H and O–H groups in total. The van der Waals surface area contributed by atoms with Crippen LogP contribution in [0.4, 0.5) is 10.5 Å². The van der Waals surface area contributed by atoms with Gasteiger partial charge in [-0.2, -0.15) is 0 Å². The molecule has 1 aliphatic heterocycles. The lowest BCUT2D eigenvalue weighted by atomic mass is 9.96. The Morgan fingerprint density at radius 3 is 2.69 bits per heavy atom. The summed E-state index contributed by atoms with van der Waals surface area (Å²) in [4.78, 5) is 27.0. The summed E-state index contributed by atoms with van der Waals surface area (Å²) < 4.78 is 5.20. The maximum atomic E-state index is 12.8. The predicted molar refractivity (Wildman–Crippen MR) is 111 cm³/mol. The number of anilines is 1. The van der Waals surface area contributed by atoms with Crippen LogP contribution in [-0.2, 0) is 4.79 Å². The Balaban J connectivity index is 1.60. The molecular formula is C22H27N3O4. The van der Waals surface area contributed by atoms with Crippen LogP contribution < -0.4 is 15.4 Å². The zero-order chi connectivity index (χ0) is 20.8. The fourth-order valence-electron chi connectivity index (χ4n) is 3.52. The molecule has 1 fully saturated rings. The van der Waals surface area contributed by atoms with Gasteiger partial charge >= 0.3 is 6.03 Å². The summed E-state index contributed by atoms with van der Waals surface area (Å²) in [6, 6.07) is 13.6. The Morgan fingerprint density at radius 2 is 1.97 bits per heavy atom. The third kappa shape index (κ3) is 5.19. The van der Waals surface area contributed by atoms with Gasteiger partial charge < -0.3 is 25.4 Å². The number of carbonyl (C=O) groups excluding carboxylic acids is 2. The summed E-state index contributed by atoms with van der Waals surface area (Å²) in [5.74, 6) is 0.295. The van der Waals surface area contributed by atoms with Crippen LogP contribution >= 0.6 is 0 Å². The van der Waals surface area contributed by atoms with Crippen LogP contribution in [0.1, 0.15) is 31.4 Å². The van der Waals surface area contributed by atoms with E-state index in [9.17, 15) is 14.7 Å². The Morgan fingerprint density at radius 1 is 1.21 bits per heavy atom. The normalized spacial score (nSPS) is 17.3. The average molecular weight is 397 g/mol. The van der Waals surface area contributed by atoms with E-state index in [1.165, 1.54) is 0 Å². The van der Waals surface area contributed by atoms with Gasteiger partial charge in [-0.1, -0.05) is 18.2 Å². The molecular weight excluding hydrogens is 370 g/mol. The molecule has 0 saturated carbocycles. The molecule has 7 nitrogen and oxygen atoms in total. The molecule has 3 rings (SSSR count). The van der Waals surface area contributed by atoms with E-state index in [0.717, 1.165) is 18.5 Å². The first-order valence-electron chi connectivity index (χ1n) is 9.76. The van der Waals surface area contributed by atoms with Gasteiger partial charge in [0.25, 0.3) is 0 Å². The second-order valence-electron chi connectivity index (χ2n) is 7.24. The molecule has 2 atom stereocenters. The van der Waals surface area contributed by atoms with Gasteiger partial charge in [-0.25, -0.2) is 4.79 Å². The number of phenols is 1. The van der Waals surface area contributed by atoms with E-state index in [-0.39, 0.29) is 29.6 Å². The number of piperidine rings is 1. The van der Waals surface area contributed by atoms with Crippen LogP contribution in [0, 0.1) is 5.92 Å². The Bertz CT molecular complexity index is 856. The van der Waals surface area contributed by atoms with E-state index in [2.05, 4.69) is 10.6 Å². The van der Waals surface area contributed by atoms with Crippen molar-refractivity contribution in [1.29, 1.82) is 0 Å². The second kappa shape index (κ2) is 9.32. The zero-order valence-corrected chi connectivity index (χ0v) is 16.7. The predicted octanol–water partition coefficient (Wildman–Crippen LogP) is 3.52. The highest BCUT2D eigenvalue weighted by Gasteiger charge is 2.29. The largest absolute Gasteiger partial charge is 0.508 e. The van der Waals surface area contributed by atoms with Crippen LogP contribution in [0.5, 0.6) is 11.5 Å². The number of ether oxygens (including phenoxy) is 1. The van der Waals surface area contributed by atoms with Gasteiger partial charge in [-0.3, -0.25) is 4.79 Å². The first-order chi connectivity index (χ1) is 14.0. The van der Waals surface area contributed by atoms with Crippen LogP contribution in [-0.4, -0.2) is 42.1 Å². The van der Waals surface area contributed by atoms with E-state index >= 15 is 0 Å². The van der Waals surface area contributed by atoms with Crippen LogP contribution in [0.3, 0.4) is 0 Å². The molecule has 2 unspecified atom stereocenters. The first kappa shape index (κ1) is 20.5. The molecule has 0 aliphatic carbocycles. The molecule has 0 bridgehead atoms. The zero-order valence-electron chi connectivity index (χ0n) is 16.7. The van der Waals surface area contributed by atoms with Crippen molar-refractivity contribution in [3.05, 3.63) is 54.1 Å². The van der Waals surface area contributed by atoms with E-state index in [1.807, 2.05) is 37.3 Å². The lowest BCUT2D eigenvalue weighted by Crippen LogP contribution is -2.47. The molecule has 0 spiro atoms. The van der Waals surface area contributed by atoms with Crippen molar-refractivity contribution < 1.29 is 19.4 Å². The molecule has 29 heavy (non-hydrogen) atoms. The lowest BCUT2D eigenvalue weighted by Gasteiger charge is -2.32. The van der Waals surface area contributed by atoms with Gasteiger partial charge in [0.05, 0.1) is 19.1 Å². The molecule has 3 amide bonds. The first-order valence-corrected chi connectivity index (χ1v) is 9.76. The minimum absolute atomic E-state index is 0.103. The smallest absolute Gasteiger partial charge is 0.321 e. The molecule has 2 aromatic rings. The van der Waals surface area contributed by atoms with Gasteiger partial charge in [-0.15, -0.1) is 0 Å². The quantitative estimate of drug-likeness (QED) is 0.720. The van der Waals surface area contributed by atoms with E-state index in [0.29, 0.717) is 24.4 Å². The summed E-state index contributed by atoms with van der Waals surface area (Å²) in [6.45, 7) is 2.80. The third-order valence-electron chi connectivity index (χ3n) is 5.16. The maximum Gasteiger partial charge on any atom is 0.321 e. The highest BCUT2D eigenvalue weighted by molar-refractivity contribution is 5.90. The Hall–Kier alpha value is -3.22. The second-order valence-corrected chi connectivity index (χ2v) is 7.24. The molecule has 2 aromatic carbocycles. The number of methoxy groups -OCH3 is 1. The highest BCUT2D eigenvalue weighted by Crippen LogP contribution is 2.29. The van der Waals surface area contributed by atoms with Crippen molar-refractivity contribution in [2.24, 2.45) is 5.92 Å². The minimum atomic E-state index is -0.383. The number of urea groups is 1. The fraction of sp³-hybridized carbons (Fsp3) is 0.364. The fourth-order valence-corrected chi connectivity index (χ4v) is 3.52.